The van der Waals surface area contributed by atoms with Crippen molar-refractivity contribution in [2.45, 2.75) is 13.5 Å². The second-order valence-electron chi connectivity index (χ2n) is 6.58. The highest BCUT2D eigenvalue weighted by molar-refractivity contribution is 6.06. The molecular weight excluding hydrogens is 362 g/mol. The lowest BCUT2D eigenvalue weighted by molar-refractivity contribution is -0.119. The smallest absolute Gasteiger partial charge is 0.258 e. The first kappa shape index (κ1) is 20.1. The van der Waals surface area contributed by atoms with Crippen LogP contribution in [0.2, 0.25) is 0 Å². The number of carbonyl (C=O) groups excluding carboxylic acids is 2. The van der Waals surface area contributed by atoms with Crippen molar-refractivity contribution in [2.75, 3.05) is 23.3 Å². The SMILES string of the molecule is CCN(C(=O)c1ccc(NCC(=O)NCc2ccccc2)cc1)c1ccccc1. The topological polar surface area (TPSA) is 61.4 Å². The summed E-state index contributed by atoms with van der Waals surface area (Å²) >= 11 is 0. The van der Waals surface area contributed by atoms with Crippen LogP contribution in [0.4, 0.5) is 11.4 Å². The average Bonchev–Trinajstić information content (AvgIpc) is 2.78. The van der Waals surface area contributed by atoms with Gasteiger partial charge in [-0.3, -0.25) is 9.59 Å². The van der Waals surface area contributed by atoms with Crippen molar-refractivity contribution in [3.8, 4) is 0 Å². The minimum absolute atomic E-state index is 0.0501. The van der Waals surface area contributed by atoms with Gasteiger partial charge in [0.1, 0.15) is 0 Å². The molecule has 3 aromatic carbocycles. The summed E-state index contributed by atoms with van der Waals surface area (Å²) < 4.78 is 0. The molecule has 3 aromatic rings. The van der Waals surface area contributed by atoms with E-state index in [1.165, 1.54) is 0 Å². The Balaban J connectivity index is 1.53. The van der Waals surface area contributed by atoms with E-state index < -0.39 is 0 Å². The van der Waals surface area contributed by atoms with Gasteiger partial charge in [-0.05, 0) is 48.9 Å². The lowest BCUT2D eigenvalue weighted by atomic mass is 10.1. The number of para-hydroxylation sites is 1. The van der Waals surface area contributed by atoms with Crippen LogP contribution in [0.3, 0.4) is 0 Å². The molecular formula is C24H25N3O2. The lowest BCUT2D eigenvalue weighted by Gasteiger charge is -2.21. The van der Waals surface area contributed by atoms with Gasteiger partial charge in [-0.2, -0.15) is 0 Å². The molecule has 0 saturated carbocycles. The Bertz CT molecular complexity index is 925. The molecule has 0 aromatic heterocycles. The van der Waals surface area contributed by atoms with E-state index in [2.05, 4.69) is 10.6 Å². The molecule has 0 spiro atoms. The quantitative estimate of drug-likeness (QED) is 0.612. The first-order valence-electron chi connectivity index (χ1n) is 9.69. The Morgan fingerprint density at radius 3 is 2.07 bits per heavy atom. The van der Waals surface area contributed by atoms with Gasteiger partial charge in [0.25, 0.3) is 5.91 Å². The van der Waals surface area contributed by atoms with Gasteiger partial charge >= 0.3 is 0 Å². The zero-order chi connectivity index (χ0) is 20.5. The molecule has 0 saturated heterocycles. The first-order valence-corrected chi connectivity index (χ1v) is 9.69. The van der Waals surface area contributed by atoms with Crippen LogP contribution in [0.25, 0.3) is 0 Å². The summed E-state index contributed by atoms with van der Waals surface area (Å²) in [5, 5.41) is 5.96. The lowest BCUT2D eigenvalue weighted by Crippen LogP contribution is -2.30. The van der Waals surface area contributed by atoms with Gasteiger partial charge in [0.15, 0.2) is 0 Å². The molecule has 0 aliphatic rings. The number of nitrogens with one attached hydrogen (secondary N) is 2. The van der Waals surface area contributed by atoms with Gasteiger partial charge in [-0.25, -0.2) is 0 Å². The third kappa shape index (κ3) is 5.69. The molecule has 148 valence electrons. The summed E-state index contributed by atoms with van der Waals surface area (Å²) in [7, 11) is 0. The highest BCUT2D eigenvalue weighted by Gasteiger charge is 2.15. The molecule has 0 aliphatic carbocycles. The molecule has 0 fully saturated rings. The summed E-state index contributed by atoms with van der Waals surface area (Å²) in [6.07, 6.45) is 0. The largest absolute Gasteiger partial charge is 0.376 e. The third-order valence-electron chi connectivity index (χ3n) is 4.55. The van der Waals surface area contributed by atoms with Crippen LogP contribution in [0.15, 0.2) is 84.9 Å². The van der Waals surface area contributed by atoms with E-state index in [1.807, 2.05) is 79.7 Å². The molecule has 2 amide bonds. The molecule has 0 radical (unpaired) electrons. The molecule has 0 atom stereocenters. The summed E-state index contributed by atoms with van der Waals surface area (Å²) in [5.41, 5.74) is 3.33. The highest BCUT2D eigenvalue weighted by atomic mass is 16.2. The van der Waals surface area contributed by atoms with Crippen molar-refractivity contribution in [2.24, 2.45) is 0 Å². The van der Waals surface area contributed by atoms with Gasteiger partial charge < -0.3 is 15.5 Å². The number of rotatable bonds is 8. The van der Waals surface area contributed by atoms with Crippen molar-refractivity contribution in [1.29, 1.82) is 0 Å². The molecule has 0 heterocycles. The zero-order valence-electron chi connectivity index (χ0n) is 16.5. The summed E-state index contributed by atoms with van der Waals surface area (Å²) in [5.74, 6) is -0.138. The fraction of sp³-hybridized carbons (Fsp3) is 0.167. The van der Waals surface area contributed by atoms with Gasteiger partial charge in [0.05, 0.1) is 6.54 Å². The maximum Gasteiger partial charge on any atom is 0.258 e. The second kappa shape index (κ2) is 10.1. The van der Waals surface area contributed by atoms with Crippen LogP contribution in [-0.2, 0) is 11.3 Å². The Morgan fingerprint density at radius 1 is 0.828 bits per heavy atom. The van der Waals surface area contributed by atoms with Gasteiger partial charge in [0, 0.05) is 30.0 Å². The van der Waals surface area contributed by atoms with E-state index in [4.69, 9.17) is 0 Å². The molecule has 5 heteroatoms. The number of hydrogen-bond acceptors (Lipinski definition) is 3. The van der Waals surface area contributed by atoms with E-state index in [1.54, 1.807) is 17.0 Å². The first-order chi connectivity index (χ1) is 14.2. The van der Waals surface area contributed by atoms with Gasteiger partial charge in [-0.1, -0.05) is 48.5 Å². The Kier molecular flexibility index (Phi) is 7.00. The number of nitrogens with zero attached hydrogens (tertiary/aromatic N) is 1. The highest BCUT2D eigenvalue weighted by Crippen LogP contribution is 2.18. The number of amides is 2. The molecule has 5 nitrogen and oxygen atoms in total. The van der Waals surface area contributed by atoms with Crippen LogP contribution < -0.4 is 15.5 Å². The van der Waals surface area contributed by atoms with Crippen LogP contribution in [0.5, 0.6) is 0 Å². The fourth-order valence-electron chi connectivity index (χ4n) is 2.98. The number of carbonyl (C=O) groups is 2. The second-order valence-corrected chi connectivity index (χ2v) is 6.58. The maximum atomic E-state index is 12.8. The minimum atomic E-state index is -0.0877. The molecule has 2 N–H and O–H groups in total. The predicted molar refractivity (Wildman–Crippen MR) is 117 cm³/mol. The summed E-state index contributed by atoms with van der Waals surface area (Å²) in [6.45, 7) is 3.21. The van der Waals surface area contributed by atoms with Crippen LogP contribution in [0.1, 0.15) is 22.8 Å². The molecule has 29 heavy (non-hydrogen) atoms. The van der Waals surface area contributed by atoms with E-state index in [-0.39, 0.29) is 18.4 Å². The minimum Gasteiger partial charge on any atom is -0.376 e. The van der Waals surface area contributed by atoms with Gasteiger partial charge in [0.2, 0.25) is 5.91 Å². The normalized spacial score (nSPS) is 10.2. The molecule has 0 unspecified atom stereocenters. The van der Waals surface area contributed by atoms with Crippen molar-refractivity contribution < 1.29 is 9.59 Å². The van der Waals surface area contributed by atoms with Crippen LogP contribution >= 0.6 is 0 Å². The fourth-order valence-corrected chi connectivity index (χ4v) is 2.98. The van der Waals surface area contributed by atoms with Crippen molar-refractivity contribution in [1.82, 2.24) is 5.32 Å². The standard InChI is InChI=1S/C24H25N3O2/c1-2-27(22-11-7-4-8-12-22)24(29)20-13-15-21(16-14-20)25-18-23(28)26-17-19-9-5-3-6-10-19/h3-16,25H,2,17-18H2,1H3,(H,26,28). The number of benzene rings is 3. The van der Waals surface area contributed by atoms with Crippen LogP contribution in [0, 0.1) is 0 Å². The Morgan fingerprint density at radius 2 is 1.45 bits per heavy atom. The number of anilines is 2. The van der Waals surface area contributed by atoms with E-state index in [0.717, 1.165) is 16.9 Å². The molecule has 3 rings (SSSR count). The average molecular weight is 387 g/mol. The van der Waals surface area contributed by atoms with Crippen molar-refractivity contribution in [3.63, 3.8) is 0 Å². The zero-order valence-corrected chi connectivity index (χ0v) is 16.5. The van der Waals surface area contributed by atoms with E-state index >= 15 is 0 Å². The maximum absolute atomic E-state index is 12.8. The molecule has 0 bridgehead atoms. The third-order valence-corrected chi connectivity index (χ3v) is 4.55. The Hall–Kier alpha value is -3.60. The number of hydrogen-bond donors (Lipinski definition) is 2. The van der Waals surface area contributed by atoms with E-state index in [9.17, 15) is 9.59 Å². The van der Waals surface area contributed by atoms with E-state index in [0.29, 0.717) is 18.7 Å². The van der Waals surface area contributed by atoms with Crippen molar-refractivity contribution in [3.05, 3.63) is 96.1 Å². The summed E-state index contributed by atoms with van der Waals surface area (Å²) in [6, 6.07) is 26.6. The molecule has 0 aliphatic heterocycles. The Labute approximate surface area is 171 Å². The van der Waals surface area contributed by atoms with Crippen molar-refractivity contribution >= 4 is 23.2 Å². The van der Waals surface area contributed by atoms with Crippen LogP contribution in [-0.4, -0.2) is 24.9 Å². The monoisotopic (exact) mass is 387 g/mol. The van der Waals surface area contributed by atoms with Gasteiger partial charge in [-0.15, -0.1) is 0 Å². The predicted octanol–water partition coefficient (Wildman–Crippen LogP) is 4.08. The summed E-state index contributed by atoms with van der Waals surface area (Å²) in [4.78, 5) is 26.6.